The van der Waals surface area contributed by atoms with Crippen LogP contribution in [0.5, 0.6) is 0 Å². The highest BCUT2D eigenvalue weighted by atomic mass is 32.2. The Morgan fingerprint density at radius 2 is 1.93 bits per heavy atom. The van der Waals surface area contributed by atoms with Gasteiger partial charge < -0.3 is 10.2 Å². The van der Waals surface area contributed by atoms with E-state index in [-0.39, 0.29) is 41.9 Å². The summed E-state index contributed by atoms with van der Waals surface area (Å²) in [6.45, 7) is 4.51. The lowest BCUT2D eigenvalue weighted by molar-refractivity contribution is -0.122. The lowest BCUT2D eigenvalue weighted by Crippen LogP contribution is -2.49. The molecule has 1 aliphatic rings. The van der Waals surface area contributed by atoms with Crippen LogP contribution < -0.4 is 10.2 Å². The molecule has 0 atom stereocenters. The molecule has 1 saturated heterocycles. The van der Waals surface area contributed by atoms with Crippen LogP contribution in [0.3, 0.4) is 0 Å². The van der Waals surface area contributed by atoms with Crippen LogP contribution in [0.25, 0.3) is 0 Å². The van der Waals surface area contributed by atoms with Crippen LogP contribution in [0, 0.1) is 6.92 Å². The molecule has 8 heteroatoms. The maximum atomic E-state index is 13.1. The number of sulfonamides is 1. The van der Waals surface area contributed by atoms with Gasteiger partial charge in [-0.1, -0.05) is 24.3 Å². The van der Waals surface area contributed by atoms with E-state index in [1.165, 1.54) is 12.1 Å². The minimum atomic E-state index is -3.85. The first-order chi connectivity index (χ1) is 13.3. The standard InChI is InChI=1S/C20H23N3O4S/c1-3-23(18-10-5-4-7-15(18)2)20(25)16-8-6-9-17(13-16)28(26,27)22-12-11-21-19(24)14-22/h4-10,13H,3,11-12,14H2,1-2H3,(H,21,24). The van der Waals surface area contributed by atoms with Gasteiger partial charge in [0.25, 0.3) is 5.91 Å². The van der Waals surface area contributed by atoms with Crippen molar-refractivity contribution in [2.45, 2.75) is 18.7 Å². The van der Waals surface area contributed by atoms with E-state index in [9.17, 15) is 18.0 Å². The summed E-state index contributed by atoms with van der Waals surface area (Å²) in [5.41, 5.74) is 2.03. The fourth-order valence-electron chi connectivity index (χ4n) is 3.20. The first-order valence-corrected chi connectivity index (χ1v) is 10.5. The number of nitrogens with zero attached hydrogens (tertiary/aromatic N) is 2. The van der Waals surface area contributed by atoms with Crippen molar-refractivity contribution in [3.05, 3.63) is 59.7 Å². The van der Waals surface area contributed by atoms with Crippen molar-refractivity contribution in [3.8, 4) is 0 Å². The lowest BCUT2D eigenvalue weighted by Gasteiger charge is -2.26. The Bertz CT molecular complexity index is 1000. The monoisotopic (exact) mass is 401 g/mol. The molecule has 1 fully saturated rings. The number of anilines is 1. The molecule has 0 aromatic heterocycles. The van der Waals surface area contributed by atoms with Crippen molar-refractivity contribution in [1.29, 1.82) is 0 Å². The van der Waals surface area contributed by atoms with Gasteiger partial charge in [0, 0.05) is 30.9 Å². The molecule has 1 heterocycles. The predicted molar refractivity (Wildman–Crippen MR) is 107 cm³/mol. The number of carbonyl (C=O) groups excluding carboxylic acids is 2. The smallest absolute Gasteiger partial charge is 0.258 e. The van der Waals surface area contributed by atoms with Crippen LogP contribution in [0.4, 0.5) is 5.69 Å². The summed E-state index contributed by atoms with van der Waals surface area (Å²) in [7, 11) is -3.85. The van der Waals surface area contributed by atoms with Gasteiger partial charge in [-0.3, -0.25) is 9.59 Å². The van der Waals surface area contributed by atoms with Crippen LogP contribution in [0.1, 0.15) is 22.8 Å². The Morgan fingerprint density at radius 3 is 2.61 bits per heavy atom. The van der Waals surface area contributed by atoms with E-state index in [4.69, 9.17) is 0 Å². The number of nitrogens with one attached hydrogen (secondary N) is 1. The third-order valence-electron chi connectivity index (χ3n) is 4.69. The zero-order valence-corrected chi connectivity index (χ0v) is 16.7. The topological polar surface area (TPSA) is 86.8 Å². The fraction of sp³-hybridized carbons (Fsp3) is 0.300. The number of hydrogen-bond donors (Lipinski definition) is 1. The average Bonchev–Trinajstić information content (AvgIpc) is 2.70. The molecule has 0 radical (unpaired) electrons. The molecule has 2 aromatic rings. The second-order valence-corrected chi connectivity index (χ2v) is 8.49. The third kappa shape index (κ3) is 3.93. The van der Waals surface area contributed by atoms with E-state index < -0.39 is 10.0 Å². The Morgan fingerprint density at radius 1 is 1.18 bits per heavy atom. The summed E-state index contributed by atoms with van der Waals surface area (Å²) in [5.74, 6) is -0.607. The Kier molecular flexibility index (Phi) is 5.81. The number of piperazine rings is 1. The Labute approximate surface area is 165 Å². The molecule has 0 bridgehead atoms. The van der Waals surface area contributed by atoms with Gasteiger partial charge in [-0.05, 0) is 43.7 Å². The largest absolute Gasteiger partial charge is 0.354 e. The van der Waals surface area contributed by atoms with Gasteiger partial charge in [0.2, 0.25) is 15.9 Å². The molecular weight excluding hydrogens is 378 g/mol. The Hall–Kier alpha value is -2.71. The molecule has 2 amide bonds. The molecule has 2 aromatic carbocycles. The van der Waals surface area contributed by atoms with Crippen molar-refractivity contribution in [3.63, 3.8) is 0 Å². The number of aryl methyl sites for hydroxylation is 1. The van der Waals surface area contributed by atoms with Gasteiger partial charge in [-0.25, -0.2) is 8.42 Å². The van der Waals surface area contributed by atoms with Gasteiger partial charge >= 0.3 is 0 Å². The number of amides is 2. The SMILES string of the molecule is CCN(C(=O)c1cccc(S(=O)(=O)N2CCNC(=O)C2)c1)c1ccccc1C. The van der Waals surface area contributed by atoms with Crippen molar-refractivity contribution in [1.82, 2.24) is 9.62 Å². The van der Waals surface area contributed by atoms with Crippen molar-refractivity contribution in [2.75, 3.05) is 31.1 Å². The molecule has 0 saturated carbocycles. The van der Waals surface area contributed by atoms with Crippen molar-refractivity contribution < 1.29 is 18.0 Å². The highest BCUT2D eigenvalue weighted by Crippen LogP contribution is 2.23. The van der Waals surface area contributed by atoms with Crippen LogP contribution in [-0.2, 0) is 14.8 Å². The van der Waals surface area contributed by atoms with E-state index >= 15 is 0 Å². The molecule has 148 valence electrons. The minimum Gasteiger partial charge on any atom is -0.354 e. The van der Waals surface area contributed by atoms with Crippen LogP contribution in [0.2, 0.25) is 0 Å². The number of hydrogen-bond acceptors (Lipinski definition) is 4. The number of carbonyl (C=O) groups is 2. The van der Waals surface area contributed by atoms with E-state index in [0.29, 0.717) is 6.54 Å². The zero-order chi connectivity index (χ0) is 20.3. The van der Waals surface area contributed by atoms with Crippen LogP contribution >= 0.6 is 0 Å². The number of benzene rings is 2. The van der Waals surface area contributed by atoms with Gasteiger partial charge in [0.05, 0.1) is 11.4 Å². The highest BCUT2D eigenvalue weighted by Gasteiger charge is 2.30. The molecule has 3 rings (SSSR count). The fourth-order valence-corrected chi connectivity index (χ4v) is 4.65. The minimum absolute atomic E-state index is 0.00823. The molecule has 0 unspecified atom stereocenters. The quantitative estimate of drug-likeness (QED) is 0.827. The average molecular weight is 401 g/mol. The van der Waals surface area contributed by atoms with E-state index in [0.717, 1.165) is 15.6 Å². The van der Waals surface area contributed by atoms with Gasteiger partial charge in [-0.15, -0.1) is 0 Å². The first-order valence-electron chi connectivity index (χ1n) is 9.09. The molecule has 0 aliphatic carbocycles. The molecule has 28 heavy (non-hydrogen) atoms. The molecule has 0 spiro atoms. The maximum absolute atomic E-state index is 13.1. The summed E-state index contributed by atoms with van der Waals surface area (Å²) < 4.78 is 26.9. The van der Waals surface area contributed by atoms with Crippen LogP contribution in [0.15, 0.2) is 53.4 Å². The van der Waals surface area contributed by atoms with E-state index in [1.54, 1.807) is 17.0 Å². The second kappa shape index (κ2) is 8.12. The van der Waals surface area contributed by atoms with E-state index in [2.05, 4.69) is 5.32 Å². The van der Waals surface area contributed by atoms with Crippen molar-refractivity contribution in [2.24, 2.45) is 0 Å². The number of rotatable bonds is 5. The summed E-state index contributed by atoms with van der Waals surface area (Å²) in [6, 6.07) is 13.5. The maximum Gasteiger partial charge on any atom is 0.258 e. The van der Waals surface area contributed by atoms with Crippen LogP contribution in [-0.4, -0.2) is 50.7 Å². The van der Waals surface area contributed by atoms with Gasteiger partial charge in [0.1, 0.15) is 0 Å². The zero-order valence-electron chi connectivity index (χ0n) is 15.9. The normalized spacial score (nSPS) is 15.1. The van der Waals surface area contributed by atoms with Gasteiger partial charge in [-0.2, -0.15) is 4.31 Å². The molecule has 7 nitrogen and oxygen atoms in total. The highest BCUT2D eigenvalue weighted by molar-refractivity contribution is 7.89. The van der Waals surface area contributed by atoms with Crippen molar-refractivity contribution >= 4 is 27.5 Å². The summed E-state index contributed by atoms with van der Waals surface area (Å²) in [4.78, 5) is 26.3. The summed E-state index contributed by atoms with van der Waals surface area (Å²) in [6.07, 6.45) is 0. The third-order valence-corrected chi connectivity index (χ3v) is 6.53. The Balaban J connectivity index is 1.93. The lowest BCUT2D eigenvalue weighted by atomic mass is 10.1. The molecule has 1 aliphatic heterocycles. The van der Waals surface area contributed by atoms with E-state index in [1.807, 2.05) is 38.1 Å². The summed E-state index contributed by atoms with van der Waals surface area (Å²) >= 11 is 0. The molecular formula is C20H23N3O4S. The number of para-hydroxylation sites is 1. The second-order valence-electron chi connectivity index (χ2n) is 6.55. The predicted octanol–water partition coefficient (Wildman–Crippen LogP) is 1.78. The summed E-state index contributed by atoms with van der Waals surface area (Å²) in [5, 5.41) is 2.61. The molecule has 1 N–H and O–H groups in total. The first kappa shape index (κ1) is 20.0. The van der Waals surface area contributed by atoms with Gasteiger partial charge in [0.15, 0.2) is 0 Å².